The minimum absolute atomic E-state index is 0.0174. The Balaban J connectivity index is 2.03. The summed E-state index contributed by atoms with van der Waals surface area (Å²) in [6.45, 7) is 6.74. The molecule has 0 spiro atoms. The first-order chi connectivity index (χ1) is 13.0. The van der Waals surface area contributed by atoms with E-state index in [1.807, 2.05) is 49.4 Å². The van der Waals surface area contributed by atoms with E-state index in [0.717, 1.165) is 11.3 Å². The lowest BCUT2D eigenvalue weighted by Gasteiger charge is -2.28. The van der Waals surface area contributed by atoms with Gasteiger partial charge in [-0.25, -0.2) is 0 Å². The molecule has 1 N–H and O–H groups in total. The first-order valence-corrected chi connectivity index (χ1v) is 10.4. The molecule has 27 heavy (non-hydrogen) atoms. The minimum atomic E-state index is -0.503. The minimum Gasteiger partial charge on any atom is -0.355 e. The van der Waals surface area contributed by atoms with E-state index in [2.05, 4.69) is 24.4 Å². The average molecular weight is 385 g/mol. The van der Waals surface area contributed by atoms with Gasteiger partial charge in [0, 0.05) is 18.8 Å². The molecule has 0 bridgehead atoms. The van der Waals surface area contributed by atoms with Crippen molar-refractivity contribution >= 4 is 23.6 Å². The summed E-state index contributed by atoms with van der Waals surface area (Å²) < 4.78 is 0. The number of thioether (sulfide) groups is 1. The van der Waals surface area contributed by atoms with E-state index in [0.29, 0.717) is 18.8 Å². The normalized spacial score (nSPS) is 11.7. The summed E-state index contributed by atoms with van der Waals surface area (Å²) >= 11 is 1.59. The Bertz CT molecular complexity index is 749. The summed E-state index contributed by atoms with van der Waals surface area (Å²) in [6.07, 6.45) is 0. The van der Waals surface area contributed by atoms with E-state index in [9.17, 15) is 9.59 Å². The Morgan fingerprint density at radius 2 is 1.74 bits per heavy atom. The van der Waals surface area contributed by atoms with Gasteiger partial charge in [-0.1, -0.05) is 54.6 Å². The van der Waals surface area contributed by atoms with E-state index in [4.69, 9.17) is 0 Å². The Hall–Kier alpha value is -2.27. The van der Waals surface area contributed by atoms with Crippen LogP contribution in [0.15, 0.2) is 54.6 Å². The first-order valence-electron chi connectivity index (χ1n) is 9.26. The lowest BCUT2D eigenvalue weighted by atomic mass is 10.1. The summed E-state index contributed by atoms with van der Waals surface area (Å²) in [6, 6.07) is 17.5. The van der Waals surface area contributed by atoms with Gasteiger partial charge in [0.2, 0.25) is 11.8 Å². The molecule has 1 atom stereocenters. The molecule has 2 amide bonds. The molecule has 2 rings (SSSR count). The molecule has 144 valence electrons. The highest BCUT2D eigenvalue weighted by Gasteiger charge is 2.25. The smallest absolute Gasteiger partial charge is 0.242 e. The van der Waals surface area contributed by atoms with E-state index in [1.54, 1.807) is 23.6 Å². The predicted octanol–water partition coefficient (Wildman–Crippen LogP) is 3.78. The largest absolute Gasteiger partial charge is 0.355 e. The zero-order chi connectivity index (χ0) is 19.6. The molecule has 0 aromatic heterocycles. The molecular formula is C22H28N2O2S. The third kappa shape index (κ3) is 6.43. The maximum atomic E-state index is 12.9. The Morgan fingerprint density at radius 3 is 2.41 bits per heavy atom. The van der Waals surface area contributed by atoms with E-state index in [-0.39, 0.29) is 11.8 Å². The van der Waals surface area contributed by atoms with Crippen molar-refractivity contribution in [3.8, 4) is 0 Å². The second-order valence-electron chi connectivity index (χ2n) is 6.50. The number of likely N-dealkylation sites (N-methyl/N-ethyl adjacent to an activating group) is 1. The third-order valence-electron chi connectivity index (χ3n) is 4.46. The monoisotopic (exact) mass is 384 g/mol. The highest BCUT2D eigenvalue weighted by molar-refractivity contribution is 7.99. The summed E-state index contributed by atoms with van der Waals surface area (Å²) in [5, 5.41) is 2.82. The Kier molecular flexibility index (Phi) is 8.40. The molecule has 0 fully saturated rings. The molecule has 0 aliphatic carbocycles. The zero-order valence-corrected chi connectivity index (χ0v) is 17.1. The van der Waals surface area contributed by atoms with Crippen molar-refractivity contribution in [2.75, 3.05) is 12.3 Å². The van der Waals surface area contributed by atoms with E-state index in [1.165, 1.54) is 11.1 Å². The van der Waals surface area contributed by atoms with Gasteiger partial charge in [-0.2, -0.15) is 0 Å². The molecule has 0 saturated heterocycles. The van der Waals surface area contributed by atoms with Gasteiger partial charge in [-0.05, 0) is 37.5 Å². The SMILES string of the molecule is CCNC(=O)[C@H](C)N(Cc1ccccc1)C(=O)CSCc1ccccc1C. The van der Waals surface area contributed by atoms with E-state index >= 15 is 0 Å². The number of aryl methyl sites for hydroxylation is 1. The van der Waals surface area contributed by atoms with Gasteiger partial charge >= 0.3 is 0 Å². The summed E-state index contributed by atoms with van der Waals surface area (Å²) in [4.78, 5) is 26.9. The fourth-order valence-corrected chi connectivity index (χ4v) is 3.77. The molecule has 0 radical (unpaired) electrons. The number of hydrogen-bond donors (Lipinski definition) is 1. The van der Waals surface area contributed by atoms with Crippen LogP contribution in [-0.4, -0.2) is 35.1 Å². The molecule has 0 heterocycles. The highest BCUT2D eigenvalue weighted by atomic mass is 32.2. The fourth-order valence-electron chi connectivity index (χ4n) is 2.79. The van der Waals surface area contributed by atoms with Crippen molar-refractivity contribution in [3.05, 3.63) is 71.3 Å². The topological polar surface area (TPSA) is 49.4 Å². The molecular weight excluding hydrogens is 356 g/mol. The van der Waals surface area contributed by atoms with Crippen LogP contribution in [0.3, 0.4) is 0 Å². The van der Waals surface area contributed by atoms with Crippen molar-refractivity contribution in [2.24, 2.45) is 0 Å². The molecule has 2 aromatic rings. The maximum Gasteiger partial charge on any atom is 0.242 e. The highest BCUT2D eigenvalue weighted by Crippen LogP contribution is 2.18. The number of nitrogens with one attached hydrogen (secondary N) is 1. The molecule has 0 unspecified atom stereocenters. The second kappa shape index (κ2) is 10.8. The van der Waals surface area contributed by atoms with E-state index < -0.39 is 6.04 Å². The molecule has 4 nitrogen and oxygen atoms in total. The Labute approximate surface area is 166 Å². The lowest BCUT2D eigenvalue weighted by molar-refractivity contribution is -0.138. The second-order valence-corrected chi connectivity index (χ2v) is 7.48. The number of nitrogens with zero attached hydrogens (tertiary/aromatic N) is 1. The lowest BCUT2D eigenvalue weighted by Crippen LogP contribution is -2.48. The quantitative estimate of drug-likeness (QED) is 0.716. The number of carbonyl (C=O) groups excluding carboxylic acids is 2. The number of hydrogen-bond acceptors (Lipinski definition) is 3. The van der Waals surface area contributed by atoms with Gasteiger partial charge in [0.25, 0.3) is 0 Å². The predicted molar refractivity (Wildman–Crippen MR) is 112 cm³/mol. The van der Waals surface area contributed by atoms with Crippen LogP contribution in [0.5, 0.6) is 0 Å². The van der Waals surface area contributed by atoms with Crippen molar-refractivity contribution in [1.82, 2.24) is 10.2 Å². The van der Waals surface area contributed by atoms with Crippen LogP contribution in [0.4, 0.5) is 0 Å². The van der Waals surface area contributed by atoms with Crippen molar-refractivity contribution in [2.45, 2.75) is 39.1 Å². The van der Waals surface area contributed by atoms with Gasteiger partial charge in [0.15, 0.2) is 0 Å². The van der Waals surface area contributed by atoms with Gasteiger partial charge in [-0.15, -0.1) is 11.8 Å². The van der Waals surface area contributed by atoms with Crippen LogP contribution in [0.25, 0.3) is 0 Å². The van der Waals surface area contributed by atoms with Crippen molar-refractivity contribution < 1.29 is 9.59 Å². The van der Waals surface area contributed by atoms with Crippen LogP contribution < -0.4 is 5.32 Å². The number of benzene rings is 2. The first kappa shape index (κ1) is 21.0. The summed E-state index contributed by atoms with van der Waals surface area (Å²) in [5.74, 6) is 1.000. The number of carbonyl (C=O) groups is 2. The van der Waals surface area contributed by atoms with Crippen LogP contribution in [0.2, 0.25) is 0 Å². The van der Waals surface area contributed by atoms with Crippen LogP contribution >= 0.6 is 11.8 Å². The summed E-state index contributed by atoms with van der Waals surface area (Å²) in [7, 11) is 0. The third-order valence-corrected chi connectivity index (χ3v) is 5.42. The number of amides is 2. The molecule has 0 saturated carbocycles. The molecule has 5 heteroatoms. The van der Waals surface area contributed by atoms with Gasteiger partial charge < -0.3 is 10.2 Å². The fraction of sp³-hybridized carbons (Fsp3) is 0.364. The van der Waals surface area contributed by atoms with Crippen LogP contribution in [-0.2, 0) is 21.9 Å². The molecule has 2 aromatic carbocycles. The standard InChI is InChI=1S/C22H28N2O2S/c1-4-23-22(26)18(3)24(14-19-11-6-5-7-12-19)21(25)16-27-15-20-13-9-8-10-17(20)2/h5-13,18H,4,14-16H2,1-3H3,(H,23,26)/t18-/m0/s1. The van der Waals surface area contributed by atoms with Crippen molar-refractivity contribution in [3.63, 3.8) is 0 Å². The Morgan fingerprint density at radius 1 is 1.07 bits per heavy atom. The zero-order valence-electron chi connectivity index (χ0n) is 16.3. The van der Waals surface area contributed by atoms with Crippen molar-refractivity contribution in [1.29, 1.82) is 0 Å². The van der Waals surface area contributed by atoms with Gasteiger partial charge in [-0.3, -0.25) is 9.59 Å². The molecule has 0 aliphatic heterocycles. The maximum absolute atomic E-state index is 12.9. The summed E-state index contributed by atoms with van der Waals surface area (Å²) in [5.41, 5.74) is 3.49. The van der Waals surface area contributed by atoms with Gasteiger partial charge in [0.1, 0.15) is 6.04 Å². The average Bonchev–Trinajstić information content (AvgIpc) is 2.68. The number of rotatable bonds is 9. The molecule has 0 aliphatic rings. The van der Waals surface area contributed by atoms with Crippen LogP contribution in [0, 0.1) is 6.92 Å². The van der Waals surface area contributed by atoms with Gasteiger partial charge in [0.05, 0.1) is 5.75 Å². The van der Waals surface area contributed by atoms with Crippen LogP contribution in [0.1, 0.15) is 30.5 Å².